The molecule has 32 heavy (non-hydrogen) atoms. The zero-order valence-electron chi connectivity index (χ0n) is 21.4. The van der Waals surface area contributed by atoms with E-state index in [-0.39, 0.29) is 35.3 Å². The van der Waals surface area contributed by atoms with Gasteiger partial charge in [-0.3, -0.25) is 4.79 Å². The molecule has 5 nitrogen and oxygen atoms in total. The van der Waals surface area contributed by atoms with Gasteiger partial charge in [0.2, 0.25) is 5.91 Å². The number of benzene rings is 1. The summed E-state index contributed by atoms with van der Waals surface area (Å²) in [5.74, 6) is 0.583. The fraction of sp³-hybridized carbons (Fsp3) is 0.720. The van der Waals surface area contributed by atoms with Gasteiger partial charge in [-0.25, -0.2) is 0 Å². The Labute approximate surface area is 195 Å². The molecule has 176 valence electrons. The molecule has 2 atom stereocenters. The first-order valence-electron chi connectivity index (χ1n) is 12.1. The minimum Gasteiger partial charge on any atom is -0.415 e. The molecule has 2 heterocycles. The fourth-order valence-electron chi connectivity index (χ4n) is 4.94. The van der Waals surface area contributed by atoms with E-state index < -0.39 is 8.32 Å². The first-order chi connectivity index (χ1) is 14.6. The third-order valence-corrected chi connectivity index (χ3v) is 13.2. The Morgan fingerprint density at radius 2 is 1.75 bits per heavy atom. The zero-order chi connectivity index (χ0) is 23.7. The van der Waals surface area contributed by atoms with E-state index in [1.54, 1.807) is 0 Å². The van der Waals surface area contributed by atoms with Crippen molar-refractivity contribution >= 4 is 26.8 Å². The Bertz CT molecular complexity index is 892. The summed E-state index contributed by atoms with van der Waals surface area (Å²) in [5.41, 5.74) is 2.97. The molecule has 0 spiro atoms. The van der Waals surface area contributed by atoms with Crippen molar-refractivity contribution in [3.05, 3.63) is 29.3 Å². The largest absolute Gasteiger partial charge is 0.495 e. The predicted octanol–water partition coefficient (Wildman–Crippen LogP) is 4.45. The van der Waals surface area contributed by atoms with Crippen LogP contribution in [0, 0.1) is 5.92 Å². The summed E-state index contributed by atoms with van der Waals surface area (Å²) < 4.78 is 19.1. The van der Waals surface area contributed by atoms with Crippen LogP contribution in [0.15, 0.2) is 18.2 Å². The van der Waals surface area contributed by atoms with Gasteiger partial charge in [-0.15, -0.1) is 0 Å². The van der Waals surface area contributed by atoms with Crippen molar-refractivity contribution in [1.82, 2.24) is 4.90 Å². The molecule has 3 aliphatic rings. The number of fused-ring (bicyclic) bond motifs is 3. The van der Waals surface area contributed by atoms with Gasteiger partial charge in [-0.1, -0.05) is 39.0 Å². The standard InChI is InChI=1S/C25H40BNO4Si/c1-23(2,3)32(8,9)29-14-13-27-21(28)16-17-15-19-18(22(17)27)11-10-12-20(19)26-30-24(4,5)25(6,7)31-26/h10-12,17,22H,13-16H2,1-9H3. The molecule has 1 aliphatic carbocycles. The Morgan fingerprint density at radius 3 is 2.34 bits per heavy atom. The summed E-state index contributed by atoms with van der Waals surface area (Å²) >= 11 is 0. The monoisotopic (exact) mass is 457 g/mol. The van der Waals surface area contributed by atoms with E-state index in [1.165, 1.54) is 11.1 Å². The van der Waals surface area contributed by atoms with Gasteiger partial charge in [0.15, 0.2) is 8.32 Å². The second-order valence-electron chi connectivity index (χ2n) is 12.3. The fourth-order valence-corrected chi connectivity index (χ4v) is 5.97. The molecule has 2 fully saturated rings. The van der Waals surface area contributed by atoms with Crippen molar-refractivity contribution in [3.63, 3.8) is 0 Å². The first kappa shape index (κ1) is 24.0. The highest BCUT2D eigenvalue weighted by Gasteiger charge is 2.54. The molecule has 7 heteroatoms. The third kappa shape index (κ3) is 3.89. The molecule has 0 radical (unpaired) electrons. The van der Waals surface area contributed by atoms with Gasteiger partial charge in [0, 0.05) is 13.0 Å². The normalized spacial score (nSPS) is 26.6. The minimum absolute atomic E-state index is 0.142. The summed E-state index contributed by atoms with van der Waals surface area (Å²) in [5, 5.41) is 0.169. The number of carbonyl (C=O) groups excluding carboxylic acids is 1. The van der Waals surface area contributed by atoms with Crippen LogP contribution in [0.1, 0.15) is 72.1 Å². The maximum atomic E-state index is 12.9. The van der Waals surface area contributed by atoms with Crippen molar-refractivity contribution in [2.75, 3.05) is 13.2 Å². The average molecular weight is 457 g/mol. The Balaban J connectivity index is 1.54. The van der Waals surface area contributed by atoms with Crippen LogP contribution in [0.3, 0.4) is 0 Å². The van der Waals surface area contributed by atoms with E-state index in [2.05, 4.69) is 84.7 Å². The topological polar surface area (TPSA) is 48.0 Å². The molecule has 2 saturated heterocycles. The average Bonchev–Trinajstić information content (AvgIpc) is 3.21. The highest BCUT2D eigenvalue weighted by atomic mass is 28.4. The van der Waals surface area contributed by atoms with E-state index in [9.17, 15) is 4.79 Å². The summed E-state index contributed by atoms with van der Waals surface area (Å²) in [4.78, 5) is 15.0. The smallest absolute Gasteiger partial charge is 0.415 e. The molecule has 1 amide bonds. The van der Waals surface area contributed by atoms with E-state index in [0.717, 1.165) is 11.9 Å². The molecular weight excluding hydrogens is 417 g/mol. The maximum Gasteiger partial charge on any atom is 0.495 e. The first-order valence-corrected chi connectivity index (χ1v) is 15.0. The molecule has 4 rings (SSSR count). The molecule has 0 bridgehead atoms. The van der Waals surface area contributed by atoms with Crippen LogP contribution in [-0.2, 0) is 25.0 Å². The Hall–Kier alpha value is -1.15. The highest BCUT2D eigenvalue weighted by molar-refractivity contribution is 6.74. The number of nitrogens with zero attached hydrogens (tertiary/aromatic N) is 1. The minimum atomic E-state index is -1.83. The lowest BCUT2D eigenvalue weighted by Crippen LogP contribution is -2.43. The van der Waals surface area contributed by atoms with Gasteiger partial charge in [0.1, 0.15) is 0 Å². The number of amides is 1. The second kappa shape index (κ2) is 7.69. The second-order valence-corrected chi connectivity index (χ2v) is 17.1. The summed E-state index contributed by atoms with van der Waals surface area (Å²) in [6.07, 6.45) is 1.52. The molecular formula is C25H40BNO4Si. The molecule has 0 aromatic heterocycles. The van der Waals surface area contributed by atoms with E-state index in [4.69, 9.17) is 13.7 Å². The third-order valence-electron chi connectivity index (χ3n) is 8.68. The summed E-state index contributed by atoms with van der Waals surface area (Å²) in [6, 6.07) is 6.56. The van der Waals surface area contributed by atoms with Gasteiger partial charge in [0.25, 0.3) is 0 Å². The Morgan fingerprint density at radius 1 is 1.12 bits per heavy atom. The van der Waals surface area contributed by atoms with Crippen molar-refractivity contribution in [2.24, 2.45) is 5.92 Å². The van der Waals surface area contributed by atoms with E-state index in [1.807, 2.05) is 0 Å². The van der Waals surface area contributed by atoms with Gasteiger partial charge in [0.05, 0.1) is 23.9 Å². The molecule has 0 saturated carbocycles. The molecule has 1 aromatic rings. The van der Waals surface area contributed by atoms with Crippen LogP contribution in [0.4, 0.5) is 0 Å². The maximum absolute atomic E-state index is 12.9. The predicted molar refractivity (Wildman–Crippen MR) is 132 cm³/mol. The number of hydrogen-bond acceptors (Lipinski definition) is 4. The molecule has 0 N–H and O–H groups in total. The van der Waals surface area contributed by atoms with Crippen molar-refractivity contribution in [1.29, 1.82) is 0 Å². The van der Waals surface area contributed by atoms with Gasteiger partial charge >= 0.3 is 7.12 Å². The van der Waals surface area contributed by atoms with Crippen molar-refractivity contribution in [3.8, 4) is 0 Å². The van der Waals surface area contributed by atoms with E-state index in [0.29, 0.717) is 25.5 Å². The number of carbonyl (C=O) groups is 1. The van der Waals surface area contributed by atoms with E-state index >= 15 is 0 Å². The lowest BCUT2D eigenvalue weighted by Gasteiger charge is -2.37. The number of hydrogen-bond donors (Lipinski definition) is 0. The summed E-state index contributed by atoms with van der Waals surface area (Å²) in [6.45, 7) is 20.9. The molecule has 1 aromatic carbocycles. The van der Waals surface area contributed by atoms with Crippen molar-refractivity contribution in [2.45, 2.75) is 96.7 Å². The van der Waals surface area contributed by atoms with Crippen LogP contribution >= 0.6 is 0 Å². The highest BCUT2D eigenvalue weighted by Crippen LogP contribution is 2.47. The molecule has 2 aliphatic heterocycles. The number of likely N-dealkylation sites (tertiary alicyclic amines) is 1. The van der Waals surface area contributed by atoms with Crippen LogP contribution < -0.4 is 5.46 Å². The summed E-state index contributed by atoms with van der Waals surface area (Å²) in [7, 11) is -2.19. The molecule has 2 unspecified atom stereocenters. The lowest BCUT2D eigenvalue weighted by molar-refractivity contribution is -0.129. The van der Waals surface area contributed by atoms with Crippen LogP contribution in [0.2, 0.25) is 18.1 Å². The van der Waals surface area contributed by atoms with Crippen LogP contribution in [0.5, 0.6) is 0 Å². The quantitative estimate of drug-likeness (QED) is 0.613. The Kier molecular flexibility index (Phi) is 5.76. The van der Waals surface area contributed by atoms with Gasteiger partial charge < -0.3 is 18.6 Å². The van der Waals surface area contributed by atoms with Crippen LogP contribution in [0.25, 0.3) is 0 Å². The van der Waals surface area contributed by atoms with Gasteiger partial charge in [-0.05, 0) is 74.8 Å². The van der Waals surface area contributed by atoms with Crippen LogP contribution in [-0.4, -0.2) is 50.6 Å². The lowest BCUT2D eigenvalue weighted by atomic mass is 9.74. The zero-order valence-corrected chi connectivity index (χ0v) is 22.4. The van der Waals surface area contributed by atoms with Crippen molar-refractivity contribution < 1.29 is 18.5 Å². The SMILES string of the molecule is CC1(C)OB(c2cccc3c2CC2CC(=O)N(CCO[Si](C)(C)C(C)(C)C)C32)OC1(C)C. The number of rotatable bonds is 5. The van der Waals surface area contributed by atoms with Gasteiger partial charge in [-0.2, -0.15) is 0 Å².